The van der Waals surface area contributed by atoms with Crippen LogP contribution in [0.15, 0.2) is 47.4 Å². The predicted octanol–water partition coefficient (Wildman–Crippen LogP) is 3.32. The highest BCUT2D eigenvalue weighted by Gasteiger charge is 2.35. The number of likely N-dealkylation sites (tertiary alicyclic amines) is 1. The number of halogens is 2. The van der Waals surface area contributed by atoms with Crippen molar-refractivity contribution in [3.8, 4) is 0 Å². The van der Waals surface area contributed by atoms with E-state index in [2.05, 4.69) is 6.92 Å². The van der Waals surface area contributed by atoms with Gasteiger partial charge in [0.15, 0.2) is 11.8 Å². The first-order valence-corrected chi connectivity index (χ1v) is 9.21. The molecule has 5 nitrogen and oxygen atoms in total. The second-order valence-electron chi connectivity index (χ2n) is 6.87. The lowest BCUT2D eigenvalue weighted by molar-refractivity contribution is -0.134. The number of hydrogen-bond donors (Lipinski definition) is 0. The van der Waals surface area contributed by atoms with Crippen molar-refractivity contribution in [1.29, 1.82) is 0 Å². The molecule has 3 rings (SSSR count). The molecule has 2 heterocycles. The molecule has 0 unspecified atom stereocenters. The molecule has 0 radical (unpaired) electrons. The first kappa shape index (κ1) is 19.3. The molecule has 0 spiro atoms. The highest BCUT2D eigenvalue weighted by Crippen LogP contribution is 2.23. The van der Waals surface area contributed by atoms with Crippen molar-refractivity contribution < 1.29 is 14.0 Å². The van der Waals surface area contributed by atoms with E-state index < -0.39 is 29.1 Å². The maximum absolute atomic E-state index is 13.2. The van der Waals surface area contributed by atoms with Crippen molar-refractivity contribution >= 4 is 23.3 Å². The molecule has 0 saturated carbocycles. The second kappa shape index (κ2) is 8.05. The fraction of sp³-hybridized carbons (Fsp3) is 0.350. The van der Waals surface area contributed by atoms with E-state index in [-0.39, 0.29) is 10.6 Å². The lowest BCUT2D eigenvalue weighted by atomic mass is 9.97. The maximum atomic E-state index is 13.2. The molecule has 1 aliphatic rings. The van der Waals surface area contributed by atoms with E-state index in [0.717, 1.165) is 29.5 Å². The third-order valence-corrected chi connectivity index (χ3v) is 5.11. The van der Waals surface area contributed by atoms with Crippen LogP contribution in [0.4, 0.5) is 4.39 Å². The van der Waals surface area contributed by atoms with Gasteiger partial charge in [0.1, 0.15) is 5.82 Å². The smallest absolute Gasteiger partial charge is 0.253 e. The van der Waals surface area contributed by atoms with Gasteiger partial charge in [-0.2, -0.15) is 0 Å². The minimum Gasteiger partial charge on any atom is -0.340 e. The molecule has 2 aromatic rings. The van der Waals surface area contributed by atoms with Gasteiger partial charge in [0.25, 0.3) is 11.5 Å². The lowest BCUT2D eigenvalue weighted by Gasteiger charge is -2.33. The summed E-state index contributed by atoms with van der Waals surface area (Å²) in [5, 5.41) is 0.242. The number of nitrogens with zero attached hydrogens (tertiary/aromatic N) is 2. The Labute approximate surface area is 161 Å². The average molecular weight is 391 g/mol. The Bertz CT molecular complexity index is 902. The Balaban J connectivity index is 2.02. The lowest BCUT2D eigenvalue weighted by Crippen LogP contribution is -2.46. The molecule has 1 amide bonds. The van der Waals surface area contributed by atoms with Crippen molar-refractivity contribution in [2.75, 3.05) is 13.1 Å². The molecule has 27 heavy (non-hydrogen) atoms. The van der Waals surface area contributed by atoms with Crippen molar-refractivity contribution in [2.24, 2.45) is 5.92 Å². The number of aromatic nitrogens is 1. The van der Waals surface area contributed by atoms with E-state index in [9.17, 15) is 18.8 Å². The van der Waals surface area contributed by atoms with Gasteiger partial charge in [-0.1, -0.05) is 18.5 Å². The van der Waals surface area contributed by atoms with Crippen LogP contribution in [0.2, 0.25) is 5.02 Å². The number of rotatable bonds is 4. The van der Waals surface area contributed by atoms with E-state index in [1.54, 1.807) is 4.90 Å². The molecule has 7 heteroatoms. The van der Waals surface area contributed by atoms with Crippen LogP contribution in [0.3, 0.4) is 0 Å². The van der Waals surface area contributed by atoms with Crippen LogP contribution in [0.5, 0.6) is 0 Å². The van der Waals surface area contributed by atoms with E-state index in [1.165, 1.54) is 30.5 Å². The van der Waals surface area contributed by atoms with Crippen LogP contribution in [-0.4, -0.2) is 34.2 Å². The highest BCUT2D eigenvalue weighted by atomic mass is 35.5. The van der Waals surface area contributed by atoms with E-state index in [1.807, 2.05) is 0 Å². The summed E-state index contributed by atoms with van der Waals surface area (Å²) in [5.41, 5.74) is -0.342. The molecule has 1 saturated heterocycles. The number of carbonyl (C=O) groups is 2. The van der Waals surface area contributed by atoms with Crippen molar-refractivity contribution in [3.63, 3.8) is 0 Å². The van der Waals surface area contributed by atoms with E-state index in [0.29, 0.717) is 19.0 Å². The zero-order chi connectivity index (χ0) is 19.6. The summed E-state index contributed by atoms with van der Waals surface area (Å²) >= 11 is 6.00. The molecule has 1 aliphatic heterocycles. The standard InChI is InChI=1S/C20H20ClFN2O3/c1-13-8-10-23(11-9-13)20(27)18(24-12-15(21)4-7-17(24)25)19(26)14-2-5-16(22)6-3-14/h2-7,12-13,18H,8-11H2,1H3/t18-/m0/s1. The fourth-order valence-electron chi connectivity index (χ4n) is 3.21. The Morgan fingerprint density at radius 1 is 1.11 bits per heavy atom. The van der Waals surface area contributed by atoms with Crippen molar-refractivity contribution in [3.05, 3.63) is 69.4 Å². The summed E-state index contributed by atoms with van der Waals surface area (Å²) in [5.74, 6) is -0.989. The van der Waals surface area contributed by atoms with Gasteiger partial charge in [0.2, 0.25) is 0 Å². The molecule has 142 valence electrons. The van der Waals surface area contributed by atoms with Gasteiger partial charge in [-0.25, -0.2) is 4.39 Å². The Morgan fingerprint density at radius 3 is 2.37 bits per heavy atom. The van der Waals surface area contributed by atoms with Crippen molar-refractivity contribution in [2.45, 2.75) is 25.8 Å². The van der Waals surface area contributed by atoms with Gasteiger partial charge < -0.3 is 4.90 Å². The van der Waals surface area contributed by atoms with Gasteiger partial charge in [-0.3, -0.25) is 19.0 Å². The third kappa shape index (κ3) is 4.27. The van der Waals surface area contributed by atoms with Gasteiger partial charge in [-0.05, 0) is 49.1 Å². The molecular formula is C20H20ClFN2O3. The minimum atomic E-state index is -1.37. The third-order valence-electron chi connectivity index (χ3n) is 4.89. The molecule has 1 atom stereocenters. The number of ketones is 1. The van der Waals surface area contributed by atoms with Gasteiger partial charge >= 0.3 is 0 Å². The summed E-state index contributed by atoms with van der Waals surface area (Å²) in [6.45, 7) is 3.18. The summed E-state index contributed by atoms with van der Waals surface area (Å²) in [4.78, 5) is 40.2. The van der Waals surface area contributed by atoms with Crippen LogP contribution in [-0.2, 0) is 4.79 Å². The van der Waals surface area contributed by atoms with Gasteiger partial charge in [0.05, 0.1) is 5.02 Å². The summed E-state index contributed by atoms with van der Waals surface area (Å²) in [7, 11) is 0. The van der Waals surface area contributed by atoms with Crippen LogP contribution < -0.4 is 5.56 Å². The Kier molecular flexibility index (Phi) is 5.75. The maximum Gasteiger partial charge on any atom is 0.253 e. The highest BCUT2D eigenvalue weighted by molar-refractivity contribution is 6.30. The molecule has 1 fully saturated rings. The normalized spacial score (nSPS) is 16.2. The zero-order valence-electron chi connectivity index (χ0n) is 14.9. The SMILES string of the molecule is CC1CCN(C(=O)[C@H](C(=O)c2ccc(F)cc2)n2cc(Cl)ccc2=O)CC1. The largest absolute Gasteiger partial charge is 0.340 e. The minimum absolute atomic E-state index is 0.159. The Hall–Kier alpha value is -2.47. The van der Waals surface area contributed by atoms with Crippen LogP contribution in [0.25, 0.3) is 0 Å². The molecule has 0 aliphatic carbocycles. The number of amides is 1. The number of benzene rings is 1. The van der Waals surface area contributed by atoms with Crippen LogP contribution >= 0.6 is 11.6 Å². The first-order chi connectivity index (χ1) is 12.9. The monoisotopic (exact) mass is 390 g/mol. The van der Waals surface area contributed by atoms with E-state index in [4.69, 9.17) is 11.6 Å². The topological polar surface area (TPSA) is 59.4 Å². The van der Waals surface area contributed by atoms with Gasteiger partial charge in [0, 0.05) is 30.9 Å². The van der Waals surface area contributed by atoms with Crippen LogP contribution in [0.1, 0.15) is 36.2 Å². The number of hydrogen-bond acceptors (Lipinski definition) is 3. The average Bonchev–Trinajstić information content (AvgIpc) is 2.65. The summed E-state index contributed by atoms with van der Waals surface area (Å²) in [6, 6.07) is 6.19. The predicted molar refractivity (Wildman–Crippen MR) is 100 cm³/mol. The van der Waals surface area contributed by atoms with Crippen molar-refractivity contribution in [1.82, 2.24) is 9.47 Å². The first-order valence-electron chi connectivity index (χ1n) is 8.83. The molecule has 0 N–H and O–H groups in total. The van der Waals surface area contributed by atoms with E-state index >= 15 is 0 Å². The zero-order valence-corrected chi connectivity index (χ0v) is 15.7. The number of carbonyl (C=O) groups excluding carboxylic acids is 2. The number of pyridine rings is 1. The molecule has 0 bridgehead atoms. The van der Waals surface area contributed by atoms with Crippen LogP contribution in [0, 0.1) is 11.7 Å². The molecule has 1 aromatic carbocycles. The summed E-state index contributed by atoms with van der Waals surface area (Å²) < 4.78 is 14.3. The fourth-order valence-corrected chi connectivity index (χ4v) is 3.38. The Morgan fingerprint density at radius 2 is 1.74 bits per heavy atom. The molecule has 1 aromatic heterocycles. The number of piperidine rings is 1. The quantitative estimate of drug-likeness (QED) is 0.594. The summed E-state index contributed by atoms with van der Waals surface area (Å²) in [6.07, 6.45) is 2.97. The second-order valence-corrected chi connectivity index (χ2v) is 7.31. The number of Topliss-reactive ketones (excluding diaryl/α,β-unsaturated/α-hetero) is 1. The van der Waals surface area contributed by atoms with Gasteiger partial charge in [-0.15, -0.1) is 0 Å². The molecular weight excluding hydrogens is 371 g/mol.